The number of hydrogen-bond donors (Lipinski definition) is 1. The molecule has 1 atom stereocenters. The van der Waals surface area contributed by atoms with E-state index in [-0.39, 0.29) is 0 Å². The largest absolute Gasteiger partial charge is 0.330 e. The van der Waals surface area contributed by atoms with Crippen LogP contribution in [0.1, 0.15) is 35.1 Å². The molecule has 1 aromatic carbocycles. The predicted octanol–water partition coefficient (Wildman–Crippen LogP) is 1.68. The Bertz CT molecular complexity index is 606. The summed E-state index contributed by atoms with van der Waals surface area (Å²) >= 11 is 0. The van der Waals surface area contributed by atoms with Gasteiger partial charge in [-0.2, -0.15) is 0 Å². The summed E-state index contributed by atoms with van der Waals surface area (Å²) in [5.41, 5.74) is 8.79. The van der Waals surface area contributed by atoms with E-state index < -0.39 is 0 Å². The van der Waals surface area contributed by atoms with Gasteiger partial charge in [0.05, 0.1) is 0 Å². The molecular formula is C16H20N4. The Labute approximate surface area is 119 Å². The van der Waals surface area contributed by atoms with E-state index >= 15 is 0 Å². The molecule has 2 N–H and O–H groups in total. The molecule has 0 saturated heterocycles. The second kappa shape index (κ2) is 4.70. The standard InChI is InChI=1S/C16H20N4/c17-9-11-5-6-15-18-19-16(20(15)10-11)14-7-12-3-1-2-4-13(12)8-14/h1-4,11,14H,5-10,17H2. The molecule has 20 heavy (non-hydrogen) atoms. The minimum atomic E-state index is 0.491. The molecule has 1 aliphatic heterocycles. The van der Waals surface area contributed by atoms with E-state index in [1.165, 1.54) is 17.0 Å². The fraction of sp³-hybridized carbons (Fsp3) is 0.500. The van der Waals surface area contributed by atoms with Crippen molar-refractivity contribution in [2.45, 2.75) is 38.1 Å². The van der Waals surface area contributed by atoms with Gasteiger partial charge in [-0.1, -0.05) is 24.3 Å². The van der Waals surface area contributed by atoms with Crippen molar-refractivity contribution in [1.82, 2.24) is 14.8 Å². The minimum Gasteiger partial charge on any atom is -0.330 e. The highest BCUT2D eigenvalue weighted by atomic mass is 15.3. The molecule has 2 aliphatic rings. The molecule has 0 fully saturated rings. The van der Waals surface area contributed by atoms with Gasteiger partial charge in [-0.05, 0) is 42.9 Å². The van der Waals surface area contributed by atoms with Crippen LogP contribution < -0.4 is 5.73 Å². The molecule has 0 spiro atoms. The number of rotatable bonds is 2. The van der Waals surface area contributed by atoms with Crippen LogP contribution in [-0.4, -0.2) is 21.3 Å². The van der Waals surface area contributed by atoms with Gasteiger partial charge in [0.25, 0.3) is 0 Å². The number of nitrogens with zero attached hydrogens (tertiary/aromatic N) is 3. The van der Waals surface area contributed by atoms with Crippen LogP contribution in [0.3, 0.4) is 0 Å². The van der Waals surface area contributed by atoms with Crippen molar-refractivity contribution in [3.05, 3.63) is 47.0 Å². The smallest absolute Gasteiger partial charge is 0.136 e. The van der Waals surface area contributed by atoms with Crippen LogP contribution in [0.4, 0.5) is 0 Å². The molecule has 4 heteroatoms. The van der Waals surface area contributed by atoms with Gasteiger partial charge < -0.3 is 10.3 Å². The molecule has 4 nitrogen and oxygen atoms in total. The highest BCUT2D eigenvalue weighted by Crippen LogP contribution is 2.34. The van der Waals surface area contributed by atoms with Crippen LogP contribution in [0.2, 0.25) is 0 Å². The van der Waals surface area contributed by atoms with E-state index in [4.69, 9.17) is 5.73 Å². The average Bonchev–Trinajstić information content (AvgIpc) is 3.09. The predicted molar refractivity (Wildman–Crippen MR) is 77.5 cm³/mol. The molecule has 0 saturated carbocycles. The van der Waals surface area contributed by atoms with Crippen molar-refractivity contribution in [3.63, 3.8) is 0 Å². The third-order valence-corrected chi connectivity index (χ3v) is 4.82. The maximum Gasteiger partial charge on any atom is 0.136 e. The first-order valence-corrected chi connectivity index (χ1v) is 7.54. The summed E-state index contributed by atoms with van der Waals surface area (Å²) in [7, 11) is 0. The Morgan fingerprint density at radius 3 is 2.60 bits per heavy atom. The van der Waals surface area contributed by atoms with Crippen LogP contribution in [0.5, 0.6) is 0 Å². The van der Waals surface area contributed by atoms with E-state index in [0.717, 1.165) is 44.6 Å². The first-order chi connectivity index (χ1) is 9.85. The van der Waals surface area contributed by atoms with Gasteiger partial charge in [-0.15, -0.1) is 10.2 Å². The Hall–Kier alpha value is -1.68. The van der Waals surface area contributed by atoms with Gasteiger partial charge in [-0.3, -0.25) is 0 Å². The zero-order valence-electron chi connectivity index (χ0n) is 11.6. The van der Waals surface area contributed by atoms with Gasteiger partial charge in [0.2, 0.25) is 0 Å². The lowest BCUT2D eigenvalue weighted by molar-refractivity contribution is 0.362. The first-order valence-electron chi connectivity index (χ1n) is 7.54. The van der Waals surface area contributed by atoms with Gasteiger partial charge in [0.15, 0.2) is 0 Å². The lowest BCUT2D eigenvalue weighted by Gasteiger charge is -2.24. The number of aryl methyl sites for hydroxylation is 1. The van der Waals surface area contributed by atoms with Gasteiger partial charge in [0.1, 0.15) is 11.6 Å². The molecule has 1 aliphatic carbocycles. The Morgan fingerprint density at radius 1 is 1.15 bits per heavy atom. The molecular weight excluding hydrogens is 248 g/mol. The van der Waals surface area contributed by atoms with Crippen LogP contribution in [0.25, 0.3) is 0 Å². The SMILES string of the molecule is NCC1CCc2nnc(C3Cc4ccccc4C3)n2C1. The lowest BCUT2D eigenvalue weighted by Crippen LogP contribution is -2.28. The third kappa shape index (κ3) is 1.86. The number of hydrogen-bond acceptors (Lipinski definition) is 3. The number of fused-ring (bicyclic) bond motifs is 2. The summed E-state index contributed by atoms with van der Waals surface area (Å²) in [4.78, 5) is 0. The van der Waals surface area contributed by atoms with E-state index in [2.05, 4.69) is 39.0 Å². The quantitative estimate of drug-likeness (QED) is 0.901. The molecule has 1 unspecified atom stereocenters. The Morgan fingerprint density at radius 2 is 1.90 bits per heavy atom. The minimum absolute atomic E-state index is 0.491. The van der Waals surface area contributed by atoms with Crippen molar-refractivity contribution < 1.29 is 0 Å². The van der Waals surface area contributed by atoms with Crippen molar-refractivity contribution in [1.29, 1.82) is 0 Å². The van der Waals surface area contributed by atoms with Gasteiger partial charge >= 0.3 is 0 Å². The van der Waals surface area contributed by atoms with Crippen LogP contribution in [0.15, 0.2) is 24.3 Å². The number of aromatic nitrogens is 3. The summed E-state index contributed by atoms with van der Waals surface area (Å²) in [6.07, 6.45) is 4.37. The van der Waals surface area contributed by atoms with E-state index in [1.807, 2.05) is 0 Å². The normalized spacial score (nSPS) is 21.8. The van der Waals surface area contributed by atoms with Gasteiger partial charge in [0, 0.05) is 18.9 Å². The summed E-state index contributed by atoms with van der Waals surface area (Å²) in [6.45, 7) is 1.77. The zero-order valence-corrected chi connectivity index (χ0v) is 11.6. The van der Waals surface area contributed by atoms with Crippen molar-refractivity contribution in [3.8, 4) is 0 Å². The number of benzene rings is 1. The van der Waals surface area contributed by atoms with Crippen molar-refractivity contribution in [2.24, 2.45) is 11.7 Å². The maximum atomic E-state index is 5.85. The van der Waals surface area contributed by atoms with E-state index in [0.29, 0.717) is 11.8 Å². The molecule has 104 valence electrons. The van der Waals surface area contributed by atoms with Crippen molar-refractivity contribution >= 4 is 0 Å². The fourth-order valence-electron chi connectivity index (χ4n) is 3.65. The second-order valence-electron chi connectivity index (χ2n) is 6.10. The molecule has 0 amide bonds. The average molecular weight is 268 g/mol. The fourth-order valence-corrected chi connectivity index (χ4v) is 3.65. The Balaban J connectivity index is 1.64. The zero-order chi connectivity index (χ0) is 13.5. The third-order valence-electron chi connectivity index (χ3n) is 4.82. The number of nitrogens with two attached hydrogens (primary N) is 1. The van der Waals surface area contributed by atoms with Crippen molar-refractivity contribution in [2.75, 3.05) is 6.54 Å². The van der Waals surface area contributed by atoms with E-state index in [9.17, 15) is 0 Å². The van der Waals surface area contributed by atoms with E-state index in [1.54, 1.807) is 0 Å². The first kappa shape index (κ1) is 12.1. The summed E-state index contributed by atoms with van der Waals surface area (Å²) < 4.78 is 2.34. The lowest BCUT2D eigenvalue weighted by atomic mass is 9.98. The second-order valence-corrected chi connectivity index (χ2v) is 6.10. The maximum absolute atomic E-state index is 5.85. The topological polar surface area (TPSA) is 56.7 Å². The van der Waals surface area contributed by atoms with Crippen LogP contribution in [-0.2, 0) is 25.8 Å². The van der Waals surface area contributed by atoms with Gasteiger partial charge in [-0.25, -0.2) is 0 Å². The highest BCUT2D eigenvalue weighted by molar-refractivity contribution is 5.35. The van der Waals surface area contributed by atoms with Crippen LogP contribution >= 0.6 is 0 Å². The molecule has 1 aromatic heterocycles. The molecule has 0 radical (unpaired) electrons. The highest BCUT2D eigenvalue weighted by Gasteiger charge is 2.30. The molecule has 2 aromatic rings. The summed E-state index contributed by atoms with van der Waals surface area (Å²) in [6, 6.07) is 8.74. The Kier molecular flexibility index (Phi) is 2.84. The molecule has 4 rings (SSSR count). The van der Waals surface area contributed by atoms with Crippen LogP contribution in [0, 0.1) is 5.92 Å². The summed E-state index contributed by atoms with van der Waals surface area (Å²) in [5, 5.41) is 8.91. The summed E-state index contributed by atoms with van der Waals surface area (Å²) in [5.74, 6) is 3.40. The molecule has 2 heterocycles. The molecule has 0 bridgehead atoms. The monoisotopic (exact) mass is 268 g/mol.